The minimum absolute atomic E-state index is 0.0107. The third-order valence-corrected chi connectivity index (χ3v) is 3.81. The van der Waals surface area contributed by atoms with Crippen LogP contribution in [0.2, 0.25) is 0 Å². The highest BCUT2D eigenvalue weighted by Crippen LogP contribution is 2.25. The topological polar surface area (TPSA) is 119 Å². The number of carbonyl (C=O) groups is 1. The molecular weight excluding hydrogens is 320 g/mol. The lowest BCUT2D eigenvalue weighted by molar-refractivity contribution is -0.118. The average molecular weight is 336 g/mol. The molecule has 0 aliphatic rings. The molecule has 0 saturated heterocycles. The molecule has 0 bridgehead atoms. The fourth-order valence-electron chi connectivity index (χ4n) is 1.64. The number of guanidine groups is 1. The van der Waals surface area contributed by atoms with Crippen molar-refractivity contribution in [1.29, 1.82) is 0 Å². The lowest BCUT2D eigenvalue weighted by atomic mass is 10.2. The van der Waals surface area contributed by atoms with Crippen molar-refractivity contribution in [3.05, 3.63) is 29.3 Å². The van der Waals surface area contributed by atoms with E-state index in [2.05, 4.69) is 20.3 Å². The smallest absolute Gasteiger partial charge is 0.230 e. The van der Waals surface area contributed by atoms with E-state index in [1.165, 1.54) is 23.1 Å². The van der Waals surface area contributed by atoms with Gasteiger partial charge in [-0.3, -0.25) is 4.79 Å². The summed E-state index contributed by atoms with van der Waals surface area (Å²) in [6.07, 6.45) is 1.88. The Hall–Kier alpha value is -2.13. The molecule has 0 fully saturated rings. The largest absolute Gasteiger partial charge is 0.370 e. The summed E-state index contributed by atoms with van der Waals surface area (Å²) in [6.45, 7) is 0.387. The van der Waals surface area contributed by atoms with Crippen LogP contribution in [0.5, 0.6) is 0 Å². The fraction of sp³-hybridized carbons (Fsp3) is 0.231. The molecule has 0 aliphatic heterocycles. The second-order valence-corrected chi connectivity index (χ2v) is 5.98. The molecule has 9 heteroatoms. The van der Waals surface area contributed by atoms with Gasteiger partial charge in [0, 0.05) is 5.38 Å². The summed E-state index contributed by atoms with van der Waals surface area (Å²) in [5.74, 6) is 0.399. The first-order chi connectivity index (χ1) is 10.6. The molecule has 2 aromatic heterocycles. The predicted molar refractivity (Wildman–Crippen MR) is 91.0 cm³/mol. The van der Waals surface area contributed by atoms with Crippen LogP contribution in [0.15, 0.2) is 28.6 Å². The van der Waals surface area contributed by atoms with Gasteiger partial charge < -0.3 is 16.8 Å². The molecule has 7 nitrogen and oxygen atoms in total. The zero-order valence-electron chi connectivity index (χ0n) is 11.9. The molecule has 2 aromatic rings. The van der Waals surface area contributed by atoms with E-state index in [-0.39, 0.29) is 11.9 Å². The highest BCUT2D eigenvalue weighted by molar-refractivity contribution is 7.99. The maximum absolute atomic E-state index is 11.5. The minimum atomic E-state index is -0.0286. The van der Waals surface area contributed by atoms with Crippen LogP contribution < -0.4 is 16.8 Å². The van der Waals surface area contributed by atoms with Gasteiger partial charge in [0.05, 0.1) is 23.7 Å². The molecule has 0 spiro atoms. The number of nitrogens with two attached hydrogens (primary N) is 2. The Morgan fingerprint density at radius 1 is 1.36 bits per heavy atom. The Bertz CT molecular complexity index is 681. The van der Waals surface area contributed by atoms with Gasteiger partial charge in [0.2, 0.25) is 11.0 Å². The predicted octanol–water partition coefficient (Wildman–Crippen LogP) is 1.09. The monoisotopic (exact) mass is 336 g/mol. The molecule has 0 saturated carbocycles. The van der Waals surface area contributed by atoms with Gasteiger partial charge in [0.1, 0.15) is 5.69 Å². The van der Waals surface area contributed by atoms with Crippen LogP contribution in [0.3, 0.4) is 0 Å². The number of pyridine rings is 1. The van der Waals surface area contributed by atoms with Gasteiger partial charge in [-0.15, -0.1) is 11.3 Å². The molecule has 22 heavy (non-hydrogen) atoms. The average Bonchev–Trinajstić information content (AvgIpc) is 2.93. The number of nitrogens with one attached hydrogen (secondary N) is 1. The number of carbonyl (C=O) groups excluding carboxylic acids is 1. The molecule has 116 valence electrons. The summed E-state index contributed by atoms with van der Waals surface area (Å²) in [6, 6.07) is 5.58. The number of nitrogens with zero attached hydrogens (tertiary/aromatic N) is 3. The van der Waals surface area contributed by atoms with Crippen molar-refractivity contribution in [3.8, 4) is 11.4 Å². The number of aliphatic imine (C=N–C) groups is 1. The first kappa shape index (κ1) is 16.2. The van der Waals surface area contributed by atoms with Crippen LogP contribution in [-0.4, -0.2) is 33.8 Å². The van der Waals surface area contributed by atoms with Crippen LogP contribution in [-0.2, 0) is 11.3 Å². The molecule has 1 amide bonds. The Morgan fingerprint density at radius 3 is 2.91 bits per heavy atom. The number of hydrogen-bond acceptors (Lipinski definition) is 6. The number of thiazole rings is 1. The molecule has 2 rings (SSSR count). The van der Waals surface area contributed by atoms with Gasteiger partial charge in [-0.25, -0.2) is 9.97 Å². The summed E-state index contributed by atoms with van der Waals surface area (Å²) in [5.41, 5.74) is 12.8. The highest BCUT2D eigenvalue weighted by Gasteiger charge is 2.07. The molecule has 0 radical (unpaired) electrons. The number of thioether (sulfide) groups is 1. The van der Waals surface area contributed by atoms with Crippen molar-refractivity contribution in [3.63, 3.8) is 0 Å². The lowest BCUT2D eigenvalue weighted by Gasteiger charge is -2.05. The molecular formula is C13H16N6OS2. The van der Waals surface area contributed by atoms with E-state index in [9.17, 15) is 4.79 Å². The van der Waals surface area contributed by atoms with Crippen molar-refractivity contribution in [2.75, 3.05) is 12.0 Å². The summed E-state index contributed by atoms with van der Waals surface area (Å²) in [7, 11) is 0. The summed E-state index contributed by atoms with van der Waals surface area (Å²) in [5, 5.41) is 5.13. The van der Waals surface area contributed by atoms with Crippen molar-refractivity contribution in [1.82, 2.24) is 15.3 Å². The van der Waals surface area contributed by atoms with E-state index in [1.807, 2.05) is 29.8 Å². The van der Waals surface area contributed by atoms with Crippen LogP contribution in [0, 0.1) is 0 Å². The van der Waals surface area contributed by atoms with E-state index in [0.29, 0.717) is 28.8 Å². The third-order valence-electron chi connectivity index (χ3n) is 2.53. The van der Waals surface area contributed by atoms with Gasteiger partial charge in [0.25, 0.3) is 0 Å². The van der Waals surface area contributed by atoms with Crippen molar-refractivity contribution >= 4 is 40.1 Å². The van der Waals surface area contributed by atoms with Crippen LogP contribution in [0.4, 0.5) is 5.13 Å². The maximum Gasteiger partial charge on any atom is 0.230 e. The van der Waals surface area contributed by atoms with Crippen LogP contribution in [0.25, 0.3) is 11.4 Å². The second kappa shape index (κ2) is 7.76. The second-order valence-electron chi connectivity index (χ2n) is 4.28. The van der Waals surface area contributed by atoms with Crippen LogP contribution >= 0.6 is 23.1 Å². The minimum Gasteiger partial charge on any atom is -0.370 e. The number of aromatic nitrogens is 2. The van der Waals surface area contributed by atoms with Gasteiger partial charge in [-0.05, 0) is 18.4 Å². The van der Waals surface area contributed by atoms with E-state index in [4.69, 9.17) is 11.5 Å². The van der Waals surface area contributed by atoms with Crippen molar-refractivity contribution in [2.45, 2.75) is 6.54 Å². The van der Waals surface area contributed by atoms with E-state index in [0.717, 1.165) is 5.69 Å². The molecule has 0 atom stereocenters. The van der Waals surface area contributed by atoms with Gasteiger partial charge in [-0.2, -0.15) is 16.8 Å². The molecule has 2 heterocycles. The quantitative estimate of drug-likeness (QED) is 0.536. The molecule has 0 aliphatic carbocycles. The Labute approximate surface area is 136 Å². The van der Waals surface area contributed by atoms with Crippen molar-refractivity contribution < 1.29 is 4.79 Å². The maximum atomic E-state index is 11.5. The Balaban J connectivity index is 2.09. The lowest BCUT2D eigenvalue weighted by Crippen LogP contribution is -2.24. The third kappa shape index (κ3) is 4.71. The van der Waals surface area contributed by atoms with Gasteiger partial charge >= 0.3 is 0 Å². The first-order valence-electron chi connectivity index (χ1n) is 6.35. The number of amides is 1. The number of hydrogen-bond donors (Lipinski definition) is 3. The summed E-state index contributed by atoms with van der Waals surface area (Å²) in [4.78, 5) is 24.2. The molecule has 0 unspecified atom stereocenters. The summed E-state index contributed by atoms with van der Waals surface area (Å²) >= 11 is 2.81. The molecule has 0 aromatic carbocycles. The number of rotatable bonds is 6. The highest BCUT2D eigenvalue weighted by atomic mass is 32.2. The standard InChI is InChI=1S/C13H16N6OS2/c1-21-7-11(20)16-5-8-3-2-4-9(17-8)10-6-22-13(18-10)19-12(14)15/h2-4,6H,5,7H2,1H3,(H,16,20)(H4,14,15,18,19). The SMILES string of the molecule is CSCC(=O)NCc1cccc(-c2csc(N=C(N)N)n2)n1. The van der Waals surface area contributed by atoms with E-state index < -0.39 is 0 Å². The first-order valence-corrected chi connectivity index (χ1v) is 8.63. The normalized spacial score (nSPS) is 10.2. The van der Waals surface area contributed by atoms with Crippen molar-refractivity contribution in [2.24, 2.45) is 16.5 Å². The van der Waals surface area contributed by atoms with E-state index in [1.54, 1.807) is 0 Å². The summed E-state index contributed by atoms with van der Waals surface area (Å²) < 4.78 is 0. The van der Waals surface area contributed by atoms with Gasteiger partial charge in [-0.1, -0.05) is 6.07 Å². The van der Waals surface area contributed by atoms with E-state index >= 15 is 0 Å². The van der Waals surface area contributed by atoms with Gasteiger partial charge in [0.15, 0.2) is 5.96 Å². The zero-order chi connectivity index (χ0) is 15.9. The fourth-order valence-corrected chi connectivity index (χ4v) is 2.70. The zero-order valence-corrected chi connectivity index (χ0v) is 13.6. The van der Waals surface area contributed by atoms with Crippen LogP contribution in [0.1, 0.15) is 5.69 Å². The molecule has 5 N–H and O–H groups in total. The Kier molecular flexibility index (Phi) is 5.73. The Morgan fingerprint density at radius 2 is 2.18 bits per heavy atom.